The Morgan fingerprint density at radius 2 is 1.25 bits per heavy atom. The van der Waals surface area contributed by atoms with Crippen LogP contribution in [0.5, 0.6) is 0 Å². The number of carbonyl (C=O) groups is 6. The molecule has 8 atom stereocenters. The van der Waals surface area contributed by atoms with Crippen LogP contribution < -0.4 is 38.1 Å². The van der Waals surface area contributed by atoms with Gasteiger partial charge in [0.1, 0.15) is 54.8 Å². The van der Waals surface area contributed by atoms with Crippen molar-refractivity contribution in [2.75, 3.05) is 37.2 Å². The topological polar surface area (TPSA) is 308 Å². The van der Waals surface area contributed by atoms with Crippen molar-refractivity contribution in [3.63, 3.8) is 0 Å². The first-order chi connectivity index (χ1) is 25.2. The van der Waals surface area contributed by atoms with Crippen LogP contribution in [-0.4, -0.2) is 148 Å². The van der Waals surface area contributed by atoms with Gasteiger partial charge < -0.3 is 63.3 Å². The predicted molar refractivity (Wildman–Crippen MR) is 204 cm³/mol. The lowest BCUT2D eigenvalue weighted by Gasteiger charge is -2.29. The van der Waals surface area contributed by atoms with Crippen molar-refractivity contribution in [2.45, 2.75) is 120 Å². The fourth-order valence-corrected chi connectivity index (χ4v) is 6.79. The molecule has 0 bridgehead atoms. The van der Waals surface area contributed by atoms with Crippen molar-refractivity contribution < 1.29 is 49.2 Å². The van der Waals surface area contributed by atoms with Crippen molar-refractivity contribution in [1.82, 2.24) is 26.6 Å². The average molecular weight is 793 g/mol. The van der Waals surface area contributed by atoms with Gasteiger partial charge in [-0.2, -0.15) is 23.5 Å². The molecule has 5 amide bonds. The third-order valence-electron chi connectivity index (χ3n) is 8.81. The molecular formula is C33H60N8O10S2. The molecule has 1 aliphatic carbocycles. The Morgan fingerprint density at radius 3 is 1.70 bits per heavy atom. The summed E-state index contributed by atoms with van der Waals surface area (Å²) >= 11 is 2.78. The van der Waals surface area contributed by atoms with Gasteiger partial charge in [-0.25, -0.2) is 0 Å². The van der Waals surface area contributed by atoms with Crippen molar-refractivity contribution in [3.8, 4) is 0 Å². The summed E-state index contributed by atoms with van der Waals surface area (Å²) in [6, 6.07) is -6.13. The summed E-state index contributed by atoms with van der Waals surface area (Å²) in [5.74, 6) is -2.32. The van der Waals surface area contributed by atoms with Crippen molar-refractivity contribution >= 4 is 65.3 Å². The van der Waals surface area contributed by atoms with Crippen molar-refractivity contribution in [3.05, 3.63) is 0 Å². The van der Waals surface area contributed by atoms with E-state index in [1.54, 1.807) is 12.5 Å². The highest BCUT2D eigenvalue weighted by atomic mass is 32.2. The van der Waals surface area contributed by atoms with Crippen LogP contribution >= 0.6 is 23.5 Å². The standard InChI is InChI=1S/C33H60N8O10S2/c1-19(44)37-24(16-20-8-5-4-6-9-20)32(51)38-21(10-7-13-36-33(34)35)29(48)39-22(11-14-52-2)30(49)40-23(12-15-53-3)31(50)41-25(17-42)27(46)28(47)26(45)18-43/h17,20-28,43,45-47H,4-16,18H2,1-3H3,(H,37,44)(H,38,51)(H,39,48)(H,40,49)(H,41,50)(H4,34,35,36)/t21-,22-,23-,24-,25-,26-,27-,28-/m0/s1. The van der Waals surface area contributed by atoms with E-state index in [1.807, 2.05) is 0 Å². The highest BCUT2D eigenvalue weighted by molar-refractivity contribution is 7.98. The lowest BCUT2D eigenvalue weighted by molar-refractivity contribution is -0.136. The summed E-state index contributed by atoms with van der Waals surface area (Å²) < 4.78 is 0. The molecule has 0 aromatic carbocycles. The molecule has 0 aromatic heterocycles. The Labute approximate surface area is 319 Å². The summed E-state index contributed by atoms with van der Waals surface area (Å²) in [6.45, 7) is 0.563. The third kappa shape index (κ3) is 18.6. The molecule has 0 spiro atoms. The van der Waals surface area contributed by atoms with Crippen molar-refractivity contribution in [2.24, 2.45) is 22.4 Å². The number of nitrogens with two attached hydrogens (primary N) is 2. The molecular weight excluding hydrogens is 733 g/mol. The van der Waals surface area contributed by atoms with Gasteiger partial charge >= 0.3 is 0 Å². The van der Waals surface area contributed by atoms with Crippen LogP contribution in [0.3, 0.4) is 0 Å². The van der Waals surface area contributed by atoms with Crippen molar-refractivity contribution in [1.29, 1.82) is 0 Å². The number of aliphatic imine (C=N–C) groups is 1. The van der Waals surface area contributed by atoms with E-state index in [1.165, 1.54) is 30.4 Å². The summed E-state index contributed by atoms with van der Waals surface area (Å²) in [5.41, 5.74) is 10.9. The zero-order chi connectivity index (χ0) is 39.9. The number of amides is 5. The maximum atomic E-state index is 13.8. The van der Waals surface area contributed by atoms with E-state index >= 15 is 0 Å². The highest BCUT2D eigenvalue weighted by Crippen LogP contribution is 2.27. The number of aliphatic hydroxyl groups is 4. The molecule has 1 saturated carbocycles. The van der Waals surface area contributed by atoms with Gasteiger partial charge in [0, 0.05) is 13.5 Å². The second kappa shape index (κ2) is 26.6. The molecule has 1 aliphatic rings. The monoisotopic (exact) mass is 792 g/mol. The van der Waals surface area contributed by atoms with Crippen LogP contribution in [0, 0.1) is 5.92 Å². The molecule has 18 nitrogen and oxygen atoms in total. The Hall–Kier alpha value is -3.17. The Kier molecular flexibility index (Phi) is 24.0. The van der Waals surface area contributed by atoms with Crippen LogP contribution in [0.4, 0.5) is 0 Å². The van der Waals surface area contributed by atoms with Crippen LogP contribution in [-0.2, 0) is 28.8 Å². The predicted octanol–water partition coefficient (Wildman–Crippen LogP) is -2.77. The molecule has 20 heteroatoms. The van der Waals surface area contributed by atoms with Crippen LogP contribution in [0.2, 0.25) is 0 Å². The molecule has 0 saturated heterocycles. The maximum absolute atomic E-state index is 13.8. The number of thioether (sulfide) groups is 2. The first-order valence-electron chi connectivity index (χ1n) is 17.8. The normalized spacial score (nSPS) is 17.7. The molecule has 1 rings (SSSR count). The number of nitrogens with one attached hydrogen (secondary N) is 5. The average Bonchev–Trinajstić information content (AvgIpc) is 3.13. The number of hydrogen-bond donors (Lipinski definition) is 11. The molecule has 304 valence electrons. The second-order valence-electron chi connectivity index (χ2n) is 13.1. The second-order valence-corrected chi connectivity index (χ2v) is 15.1. The van der Waals surface area contributed by atoms with E-state index in [4.69, 9.17) is 16.6 Å². The quantitative estimate of drug-likeness (QED) is 0.0183. The van der Waals surface area contributed by atoms with Crippen LogP contribution in [0.1, 0.15) is 71.1 Å². The number of aldehydes is 1. The maximum Gasteiger partial charge on any atom is 0.243 e. The summed E-state index contributed by atoms with van der Waals surface area (Å²) in [6.07, 6.45) is 4.06. The van der Waals surface area contributed by atoms with Gasteiger partial charge in [-0.3, -0.25) is 29.0 Å². The largest absolute Gasteiger partial charge is 0.394 e. The number of nitrogens with zero attached hydrogens (tertiary/aromatic N) is 1. The lowest BCUT2D eigenvalue weighted by atomic mass is 9.84. The third-order valence-corrected chi connectivity index (χ3v) is 10.1. The summed E-state index contributed by atoms with van der Waals surface area (Å²) in [5, 5.41) is 52.2. The van der Waals surface area contributed by atoms with Gasteiger partial charge in [0.05, 0.1) is 6.61 Å². The lowest BCUT2D eigenvalue weighted by Crippen LogP contribution is -2.60. The number of hydrogen-bond acceptors (Lipinski definition) is 13. The minimum atomic E-state index is -1.98. The summed E-state index contributed by atoms with van der Waals surface area (Å²) in [7, 11) is 0. The Balaban J connectivity index is 3.25. The number of guanidine groups is 1. The van der Waals surface area contributed by atoms with E-state index in [2.05, 4.69) is 31.6 Å². The van der Waals surface area contributed by atoms with E-state index in [0.717, 1.165) is 32.1 Å². The van der Waals surface area contributed by atoms with Gasteiger partial charge in [0.25, 0.3) is 0 Å². The number of aliphatic hydroxyl groups excluding tert-OH is 4. The van der Waals surface area contributed by atoms with Crippen LogP contribution in [0.15, 0.2) is 4.99 Å². The van der Waals surface area contributed by atoms with Gasteiger partial charge in [-0.15, -0.1) is 0 Å². The number of rotatable bonds is 26. The van der Waals surface area contributed by atoms with Gasteiger partial charge in [0.15, 0.2) is 5.96 Å². The molecule has 1 fully saturated rings. The van der Waals surface area contributed by atoms with E-state index in [0.29, 0.717) is 17.9 Å². The zero-order valence-electron chi connectivity index (χ0n) is 30.8. The number of carbonyl (C=O) groups excluding carboxylic acids is 6. The Bertz CT molecular complexity index is 1190. The molecule has 13 N–H and O–H groups in total. The molecule has 53 heavy (non-hydrogen) atoms. The van der Waals surface area contributed by atoms with Gasteiger partial charge in [-0.05, 0) is 62.0 Å². The fourth-order valence-electron chi connectivity index (χ4n) is 5.84. The van der Waals surface area contributed by atoms with E-state index < -0.39 is 84.7 Å². The molecule has 0 radical (unpaired) electrons. The Morgan fingerprint density at radius 1 is 0.755 bits per heavy atom. The minimum Gasteiger partial charge on any atom is -0.394 e. The SMILES string of the molecule is CSCC[C@H](NC(=O)[C@H](CCCN=C(N)N)NC(=O)[C@H](CC1CCCCC1)NC(C)=O)C(=O)N[C@@H](CCSC)C(=O)N[C@@H](C=O)[C@H](O)[C@@H](O)[C@@H](O)CO. The van der Waals surface area contributed by atoms with E-state index in [-0.39, 0.29) is 50.4 Å². The first kappa shape index (κ1) is 47.9. The minimum absolute atomic E-state index is 0.0838. The smallest absolute Gasteiger partial charge is 0.243 e. The molecule has 0 heterocycles. The molecule has 0 unspecified atom stereocenters. The van der Waals surface area contributed by atoms with E-state index in [9.17, 15) is 44.1 Å². The first-order valence-corrected chi connectivity index (χ1v) is 20.6. The highest BCUT2D eigenvalue weighted by Gasteiger charge is 2.35. The zero-order valence-corrected chi connectivity index (χ0v) is 32.5. The fraction of sp³-hybridized carbons (Fsp3) is 0.788. The van der Waals surface area contributed by atoms with Gasteiger partial charge in [-0.1, -0.05) is 32.1 Å². The van der Waals surface area contributed by atoms with Crippen LogP contribution in [0.25, 0.3) is 0 Å². The van der Waals surface area contributed by atoms with Gasteiger partial charge in [0.2, 0.25) is 29.5 Å². The molecule has 0 aliphatic heterocycles. The summed E-state index contributed by atoms with van der Waals surface area (Å²) in [4.78, 5) is 82.1. The molecule has 0 aromatic rings.